The van der Waals surface area contributed by atoms with Crippen LogP contribution in [0.15, 0.2) is 0 Å². The molecule has 18 heavy (non-hydrogen) atoms. The zero-order valence-corrected chi connectivity index (χ0v) is 12.0. The fraction of sp³-hybridized carbons (Fsp3) is 0.900. The van der Waals surface area contributed by atoms with Crippen LogP contribution in [0.1, 0.15) is 13.8 Å². The van der Waals surface area contributed by atoms with Crippen molar-refractivity contribution in [3.8, 4) is 0 Å². The van der Waals surface area contributed by atoms with Crippen molar-refractivity contribution in [1.82, 2.24) is 19.2 Å². The van der Waals surface area contributed by atoms with E-state index in [4.69, 9.17) is 0 Å². The summed E-state index contributed by atoms with van der Waals surface area (Å²) < 4.78 is 27.6. The highest BCUT2D eigenvalue weighted by Gasteiger charge is 2.20. The minimum Gasteiger partial charge on any atom is -0.339 e. The fourth-order valence-corrected chi connectivity index (χ4v) is 2.69. The number of likely N-dealkylation sites (N-methyl/N-ethyl adjacent to an activating group) is 1. The van der Waals surface area contributed by atoms with Crippen LogP contribution in [0.2, 0.25) is 0 Å². The molecule has 1 aliphatic heterocycles. The average molecular weight is 278 g/mol. The van der Waals surface area contributed by atoms with Crippen LogP contribution >= 0.6 is 0 Å². The van der Waals surface area contributed by atoms with Crippen molar-refractivity contribution in [1.29, 1.82) is 0 Å². The van der Waals surface area contributed by atoms with Crippen LogP contribution in [0.25, 0.3) is 0 Å². The summed E-state index contributed by atoms with van der Waals surface area (Å²) in [5.41, 5.74) is 0. The maximum absolute atomic E-state index is 11.8. The highest BCUT2D eigenvalue weighted by atomic mass is 32.2. The van der Waals surface area contributed by atoms with Crippen LogP contribution in [-0.2, 0) is 15.0 Å². The molecule has 0 unspecified atom stereocenters. The maximum Gasteiger partial charge on any atom is 0.277 e. The summed E-state index contributed by atoms with van der Waals surface area (Å²) in [4.78, 5) is 15.6. The molecule has 1 aliphatic rings. The normalized spacial score (nSPS) is 18.3. The van der Waals surface area contributed by atoms with E-state index in [2.05, 4.69) is 14.3 Å². The standard InChI is InChI=1S/C10H22N4O3S/c1-9(2)12-18(16,17)11-8-10(15)14-6-4-13(3)5-7-14/h9,11-12H,4-8H2,1-3H3. The van der Waals surface area contributed by atoms with Gasteiger partial charge in [-0.2, -0.15) is 17.9 Å². The molecule has 7 nitrogen and oxygen atoms in total. The van der Waals surface area contributed by atoms with E-state index < -0.39 is 10.2 Å². The van der Waals surface area contributed by atoms with Crippen molar-refractivity contribution in [3.63, 3.8) is 0 Å². The van der Waals surface area contributed by atoms with Gasteiger partial charge >= 0.3 is 0 Å². The first-order valence-electron chi connectivity index (χ1n) is 6.03. The Bertz CT molecular complexity index is 375. The average Bonchev–Trinajstić information content (AvgIpc) is 2.25. The lowest BCUT2D eigenvalue weighted by Gasteiger charge is -2.32. The van der Waals surface area contributed by atoms with Gasteiger partial charge in [0.1, 0.15) is 0 Å². The first kappa shape index (κ1) is 15.4. The van der Waals surface area contributed by atoms with Gasteiger partial charge in [-0.25, -0.2) is 0 Å². The van der Waals surface area contributed by atoms with Gasteiger partial charge in [-0.05, 0) is 20.9 Å². The van der Waals surface area contributed by atoms with Crippen LogP contribution in [0.3, 0.4) is 0 Å². The maximum atomic E-state index is 11.8. The number of carbonyl (C=O) groups excluding carboxylic acids is 1. The van der Waals surface area contributed by atoms with Crippen molar-refractivity contribution in [2.45, 2.75) is 19.9 Å². The highest BCUT2D eigenvalue weighted by molar-refractivity contribution is 7.87. The number of rotatable bonds is 5. The lowest BCUT2D eigenvalue weighted by Crippen LogP contribution is -2.51. The van der Waals surface area contributed by atoms with Crippen molar-refractivity contribution in [2.24, 2.45) is 0 Å². The molecule has 0 saturated carbocycles. The SMILES string of the molecule is CC(C)NS(=O)(=O)NCC(=O)N1CCN(C)CC1. The predicted octanol–water partition coefficient (Wildman–Crippen LogP) is -1.41. The summed E-state index contributed by atoms with van der Waals surface area (Å²) in [5, 5.41) is 0. The zero-order chi connectivity index (χ0) is 13.8. The van der Waals surface area contributed by atoms with Crippen molar-refractivity contribution in [2.75, 3.05) is 39.8 Å². The second-order valence-electron chi connectivity index (χ2n) is 4.78. The molecule has 1 saturated heterocycles. The van der Waals surface area contributed by atoms with Gasteiger partial charge in [0.25, 0.3) is 10.2 Å². The van der Waals surface area contributed by atoms with E-state index in [0.29, 0.717) is 13.1 Å². The fourth-order valence-electron chi connectivity index (χ4n) is 1.68. The quantitative estimate of drug-likeness (QED) is 0.647. The smallest absolute Gasteiger partial charge is 0.277 e. The second-order valence-corrected chi connectivity index (χ2v) is 6.31. The topological polar surface area (TPSA) is 81.8 Å². The van der Waals surface area contributed by atoms with Crippen molar-refractivity contribution in [3.05, 3.63) is 0 Å². The summed E-state index contributed by atoms with van der Waals surface area (Å²) in [6.45, 7) is 6.20. The Balaban J connectivity index is 2.37. The van der Waals surface area contributed by atoms with Crippen LogP contribution < -0.4 is 9.44 Å². The second kappa shape index (κ2) is 6.46. The molecule has 0 spiro atoms. The molecule has 1 amide bonds. The predicted molar refractivity (Wildman–Crippen MR) is 69.3 cm³/mol. The van der Waals surface area contributed by atoms with Crippen LogP contribution in [-0.4, -0.2) is 69.9 Å². The monoisotopic (exact) mass is 278 g/mol. The van der Waals surface area contributed by atoms with E-state index in [9.17, 15) is 13.2 Å². The minimum absolute atomic E-state index is 0.183. The summed E-state index contributed by atoms with van der Waals surface area (Å²) >= 11 is 0. The van der Waals surface area contributed by atoms with E-state index in [0.717, 1.165) is 13.1 Å². The Labute approximate surface area is 109 Å². The third-order valence-corrected chi connectivity index (χ3v) is 3.97. The number of amides is 1. The molecule has 0 bridgehead atoms. The molecule has 106 valence electrons. The van der Waals surface area contributed by atoms with Crippen molar-refractivity contribution >= 4 is 16.1 Å². The van der Waals surface area contributed by atoms with Crippen molar-refractivity contribution < 1.29 is 13.2 Å². The molecule has 1 fully saturated rings. The molecule has 0 radical (unpaired) electrons. The Morgan fingerprint density at radius 1 is 1.22 bits per heavy atom. The van der Waals surface area contributed by atoms with E-state index in [1.165, 1.54) is 0 Å². The molecular formula is C10H22N4O3S. The lowest BCUT2D eigenvalue weighted by molar-refractivity contribution is -0.131. The van der Waals surface area contributed by atoms with E-state index in [1.54, 1.807) is 18.7 Å². The minimum atomic E-state index is -3.58. The molecule has 1 heterocycles. The third kappa shape index (κ3) is 5.30. The number of piperazine rings is 1. The number of nitrogens with one attached hydrogen (secondary N) is 2. The van der Waals surface area contributed by atoms with Gasteiger partial charge in [0.2, 0.25) is 5.91 Å². The van der Waals surface area contributed by atoms with Gasteiger partial charge in [0, 0.05) is 32.2 Å². The van der Waals surface area contributed by atoms with Gasteiger partial charge in [0.05, 0.1) is 6.54 Å². The van der Waals surface area contributed by atoms with Gasteiger partial charge in [-0.1, -0.05) is 0 Å². The molecule has 0 aliphatic carbocycles. The van der Waals surface area contributed by atoms with Crippen LogP contribution in [0, 0.1) is 0 Å². The zero-order valence-electron chi connectivity index (χ0n) is 11.1. The van der Waals surface area contributed by atoms with Gasteiger partial charge < -0.3 is 9.80 Å². The van der Waals surface area contributed by atoms with E-state index >= 15 is 0 Å². The number of carbonyl (C=O) groups is 1. The van der Waals surface area contributed by atoms with E-state index in [-0.39, 0.29) is 18.5 Å². The van der Waals surface area contributed by atoms with E-state index in [1.807, 2.05) is 7.05 Å². The van der Waals surface area contributed by atoms with Crippen LogP contribution in [0.4, 0.5) is 0 Å². The first-order valence-corrected chi connectivity index (χ1v) is 7.52. The van der Waals surface area contributed by atoms with Gasteiger partial charge in [-0.15, -0.1) is 0 Å². The largest absolute Gasteiger partial charge is 0.339 e. The molecule has 0 atom stereocenters. The summed E-state index contributed by atoms with van der Waals surface area (Å²) in [5.74, 6) is -0.183. The Kier molecular flexibility index (Phi) is 5.51. The molecule has 0 aromatic rings. The number of hydrogen-bond acceptors (Lipinski definition) is 4. The lowest BCUT2D eigenvalue weighted by atomic mass is 10.3. The Hall–Kier alpha value is -0.700. The molecule has 8 heteroatoms. The molecule has 0 aromatic carbocycles. The Morgan fingerprint density at radius 2 is 1.78 bits per heavy atom. The third-order valence-electron chi connectivity index (χ3n) is 2.66. The van der Waals surface area contributed by atoms with Gasteiger partial charge in [0.15, 0.2) is 0 Å². The van der Waals surface area contributed by atoms with Gasteiger partial charge in [-0.3, -0.25) is 4.79 Å². The summed E-state index contributed by atoms with van der Waals surface area (Å²) in [6, 6.07) is -0.193. The number of nitrogens with zero attached hydrogens (tertiary/aromatic N) is 2. The molecule has 2 N–H and O–H groups in total. The highest BCUT2D eigenvalue weighted by Crippen LogP contribution is 1.99. The molecule has 0 aromatic heterocycles. The first-order chi connectivity index (χ1) is 8.30. The summed E-state index contributed by atoms with van der Waals surface area (Å²) in [7, 11) is -1.59. The molecule has 1 rings (SSSR count). The summed E-state index contributed by atoms with van der Waals surface area (Å²) in [6.07, 6.45) is 0. The van der Waals surface area contributed by atoms with Crippen LogP contribution in [0.5, 0.6) is 0 Å². The number of hydrogen-bond donors (Lipinski definition) is 2. The Morgan fingerprint density at radius 3 is 2.28 bits per heavy atom. The molecular weight excluding hydrogens is 256 g/mol.